The lowest BCUT2D eigenvalue weighted by atomic mass is 10.4. The standard InChI is InChI=1S/C14H18Si2/c1-15-16(2,13-9-5-3-6-10-13)14-11-7-4-8-12-14/h3-12H,15H2,1-2H3. The molecular weight excluding hydrogens is 224 g/mol. The summed E-state index contributed by atoms with van der Waals surface area (Å²) in [6.45, 7) is 4.97. The van der Waals surface area contributed by atoms with Crippen molar-refractivity contribution in [3.05, 3.63) is 60.7 Å². The maximum Gasteiger partial charge on any atom is 0.100 e. The van der Waals surface area contributed by atoms with Gasteiger partial charge in [-0.05, 0) is 0 Å². The third-order valence-corrected chi connectivity index (χ3v) is 14.9. The quantitative estimate of drug-likeness (QED) is 0.717. The van der Waals surface area contributed by atoms with Crippen LogP contribution in [0.25, 0.3) is 0 Å². The lowest BCUT2D eigenvalue weighted by Gasteiger charge is -2.27. The molecule has 0 radical (unpaired) electrons. The van der Waals surface area contributed by atoms with Gasteiger partial charge in [0, 0.05) is 9.04 Å². The minimum absolute atomic E-state index is 0.0261. The smallest absolute Gasteiger partial charge is 0.0760 e. The molecule has 0 spiro atoms. The van der Waals surface area contributed by atoms with Crippen LogP contribution in [0.4, 0.5) is 0 Å². The van der Waals surface area contributed by atoms with Crippen molar-refractivity contribution in [1.29, 1.82) is 0 Å². The van der Waals surface area contributed by atoms with Crippen LogP contribution in [0.15, 0.2) is 60.7 Å². The van der Waals surface area contributed by atoms with E-state index in [9.17, 15) is 0 Å². The summed E-state index contributed by atoms with van der Waals surface area (Å²) in [4.78, 5) is 0. The first-order valence-corrected chi connectivity index (χ1v) is 12.1. The second-order valence-electron chi connectivity index (χ2n) is 4.42. The van der Waals surface area contributed by atoms with E-state index >= 15 is 0 Å². The summed E-state index contributed by atoms with van der Waals surface area (Å²) in [5, 5.41) is 3.19. The highest BCUT2D eigenvalue weighted by Crippen LogP contribution is 2.03. The SMILES string of the molecule is C[SiH2][Si](C)(c1ccccc1)c1ccccc1. The highest BCUT2D eigenvalue weighted by atomic mass is 29.2. The molecule has 2 aromatic carbocycles. The molecule has 0 aliphatic rings. The second kappa shape index (κ2) is 4.81. The third kappa shape index (κ3) is 2.03. The minimum atomic E-state index is -1.34. The van der Waals surface area contributed by atoms with Gasteiger partial charge in [0.1, 0.15) is 7.59 Å². The molecule has 0 fully saturated rings. The van der Waals surface area contributed by atoms with Crippen molar-refractivity contribution in [3.8, 4) is 0 Å². The van der Waals surface area contributed by atoms with Crippen molar-refractivity contribution >= 4 is 27.0 Å². The van der Waals surface area contributed by atoms with E-state index in [1.54, 1.807) is 10.4 Å². The molecule has 2 heteroatoms. The van der Waals surface area contributed by atoms with Gasteiger partial charge < -0.3 is 0 Å². The Morgan fingerprint density at radius 1 is 0.750 bits per heavy atom. The number of rotatable bonds is 3. The van der Waals surface area contributed by atoms with Crippen LogP contribution in [0.2, 0.25) is 13.1 Å². The van der Waals surface area contributed by atoms with Gasteiger partial charge in [0.25, 0.3) is 0 Å². The Labute approximate surface area is 101 Å². The Hall–Kier alpha value is -1.13. The van der Waals surface area contributed by atoms with Gasteiger partial charge in [0.05, 0.1) is 0 Å². The fourth-order valence-electron chi connectivity index (χ4n) is 2.19. The minimum Gasteiger partial charge on any atom is -0.0760 e. The third-order valence-electron chi connectivity index (χ3n) is 3.53. The lowest BCUT2D eigenvalue weighted by Crippen LogP contribution is -2.60. The van der Waals surface area contributed by atoms with Crippen LogP contribution in [0, 0.1) is 0 Å². The van der Waals surface area contributed by atoms with Crippen molar-refractivity contribution in [2.45, 2.75) is 13.1 Å². The van der Waals surface area contributed by atoms with Crippen molar-refractivity contribution in [2.24, 2.45) is 0 Å². The van der Waals surface area contributed by atoms with Crippen molar-refractivity contribution in [1.82, 2.24) is 0 Å². The van der Waals surface area contributed by atoms with Gasteiger partial charge >= 0.3 is 0 Å². The first-order valence-electron chi connectivity index (χ1n) is 5.88. The summed E-state index contributed by atoms with van der Waals surface area (Å²) in [6.07, 6.45) is 0. The van der Waals surface area contributed by atoms with E-state index in [1.165, 1.54) is 0 Å². The van der Waals surface area contributed by atoms with E-state index in [0.717, 1.165) is 0 Å². The van der Waals surface area contributed by atoms with E-state index in [0.29, 0.717) is 0 Å². The normalized spacial score (nSPS) is 12.1. The van der Waals surface area contributed by atoms with E-state index in [-0.39, 0.29) is 9.04 Å². The van der Waals surface area contributed by atoms with Crippen LogP contribution in [-0.4, -0.2) is 16.6 Å². The van der Waals surface area contributed by atoms with Gasteiger partial charge in [-0.1, -0.05) is 84.1 Å². The number of hydrogen-bond acceptors (Lipinski definition) is 0. The van der Waals surface area contributed by atoms with Crippen LogP contribution in [0.3, 0.4) is 0 Å². The van der Waals surface area contributed by atoms with Crippen LogP contribution in [0.1, 0.15) is 0 Å². The fraction of sp³-hybridized carbons (Fsp3) is 0.143. The van der Waals surface area contributed by atoms with Gasteiger partial charge in [-0.2, -0.15) is 0 Å². The maximum absolute atomic E-state index is 2.52. The zero-order valence-corrected chi connectivity index (χ0v) is 12.4. The Balaban J connectivity index is 2.49. The largest absolute Gasteiger partial charge is 0.100 e. The summed E-state index contributed by atoms with van der Waals surface area (Å²) in [5.41, 5.74) is 0. The van der Waals surface area contributed by atoms with E-state index in [1.807, 2.05) is 0 Å². The van der Waals surface area contributed by atoms with E-state index in [4.69, 9.17) is 0 Å². The molecule has 0 unspecified atom stereocenters. The van der Waals surface area contributed by atoms with Gasteiger partial charge in [0.15, 0.2) is 0 Å². The molecule has 0 N–H and O–H groups in total. The molecule has 82 valence electrons. The average Bonchev–Trinajstić information content (AvgIpc) is 2.40. The molecule has 0 bridgehead atoms. The van der Waals surface area contributed by atoms with Gasteiger partial charge in [-0.25, -0.2) is 0 Å². The van der Waals surface area contributed by atoms with Crippen molar-refractivity contribution in [3.63, 3.8) is 0 Å². The molecule has 2 rings (SSSR count). The molecule has 16 heavy (non-hydrogen) atoms. The van der Waals surface area contributed by atoms with Gasteiger partial charge in [0.2, 0.25) is 0 Å². The molecule has 0 saturated carbocycles. The Morgan fingerprint density at radius 2 is 1.12 bits per heavy atom. The molecule has 0 saturated heterocycles. The monoisotopic (exact) mass is 242 g/mol. The summed E-state index contributed by atoms with van der Waals surface area (Å²) < 4.78 is 0. The predicted octanol–water partition coefficient (Wildman–Crippen LogP) is 1.59. The molecule has 0 aliphatic heterocycles. The molecule has 0 heterocycles. The fourth-order valence-corrected chi connectivity index (χ4v) is 9.06. The topological polar surface area (TPSA) is 0 Å². The highest BCUT2D eigenvalue weighted by molar-refractivity contribution is 7.36. The van der Waals surface area contributed by atoms with Crippen LogP contribution >= 0.6 is 0 Å². The molecule has 0 amide bonds. The van der Waals surface area contributed by atoms with Gasteiger partial charge in [-0.15, -0.1) is 0 Å². The molecular formula is C14H18Si2. The van der Waals surface area contributed by atoms with Crippen LogP contribution in [-0.2, 0) is 0 Å². The lowest BCUT2D eigenvalue weighted by molar-refractivity contribution is 1.71. The van der Waals surface area contributed by atoms with Crippen LogP contribution < -0.4 is 10.4 Å². The van der Waals surface area contributed by atoms with E-state index in [2.05, 4.69) is 73.8 Å². The van der Waals surface area contributed by atoms with Crippen molar-refractivity contribution < 1.29 is 0 Å². The summed E-state index contributed by atoms with van der Waals surface area (Å²) in [6, 6.07) is 22.2. The summed E-state index contributed by atoms with van der Waals surface area (Å²) in [7, 11) is -1.36. The van der Waals surface area contributed by atoms with Crippen molar-refractivity contribution in [2.75, 3.05) is 0 Å². The van der Waals surface area contributed by atoms with Gasteiger partial charge in [-0.3, -0.25) is 0 Å². The Kier molecular flexibility index (Phi) is 3.41. The molecule has 2 aromatic rings. The number of hydrogen-bond donors (Lipinski definition) is 0. The molecule has 0 aromatic heterocycles. The molecule has 0 atom stereocenters. The van der Waals surface area contributed by atoms with E-state index < -0.39 is 7.59 Å². The zero-order chi connectivity index (χ0) is 11.4. The maximum atomic E-state index is 2.52. The number of benzene rings is 2. The molecule has 0 aliphatic carbocycles. The predicted molar refractivity (Wildman–Crippen MR) is 78.2 cm³/mol. The van der Waals surface area contributed by atoms with Crippen LogP contribution in [0.5, 0.6) is 0 Å². The summed E-state index contributed by atoms with van der Waals surface area (Å²) >= 11 is 0. The summed E-state index contributed by atoms with van der Waals surface area (Å²) in [5.74, 6) is 0. The Bertz CT molecular complexity index is 397. The zero-order valence-electron chi connectivity index (χ0n) is 9.98. The highest BCUT2D eigenvalue weighted by Gasteiger charge is 2.29. The molecule has 0 nitrogen and oxygen atoms in total. The Morgan fingerprint density at radius 3 is 1.44 bits per heavy atom. The first kappa shape index (κ1) is 11.4. The average molecular weight is 242 g/mol. The first-order chi connectivity index (χ1) is 7.77. The second-order valence-corrected chi connectivity index (χ2v) is 15.3.